The van der Waals surface area contributed by atoms with Crippen LogP contribution in [0.2, 0.25) is 0 Å². The van der Waals surface area contributed by atoms with Gasteiger partial charge < -0.3 is 14.8 Å². The molecule has 1 aromatic heterocycles. The van der Waals surface area contributed by atoms with Crippen LogP contribution < -0.4 is 14.8 Å². The molecule has 0 saturated heterocycles. The number of carbonyl (C=O) groups excluding carboxylic acids is 1. The lowest BCUT2D eigenvalue weighted by molar-refractivity contribution is -0.120. The van der Waals surface area contributed by atoms with E-state index in [-0.39, 0.29) is 28.9 Å². The Bertz CT molecular complexity index is 1070. The third kappa shape index (κ3) is 3.72. The van der Waals surface area contributed by atoms with Crippen molar-refractivity contribution in [3.05, 3.63) is 42.7 Å². The number of hydrogen-bond acceptors (Lipinski definition) is 6. The van der Waals surface area contributed by atoms with Gasteiger partial charge in [-0.25, -0.2) is 0 Å². The Balaban J connectivity index is 1.25. The third-order valence-corrected chi connectivity index (χ3v) is 9.28. The maximum atomic E-state index is 12.9. The van der Waals surface area contributed by atoms with Crippen LogP contribution in [0.15, 0.2) is 42.1 Å². The van der Waals surface area contributed by atoms with Crippen LogP contribution in [0, 0.1) is 16.7 Å². The van der Waals surface area contributed by atoms with Crippen molar-refractivity contribution >= 4 is 17.7 Å². The van der Waals surface area contributed by atoms with E-state index in [2.05, 4.69) is 42.9 Å². The predicted molar refractivity (Wildman–Crippen MR) is 127 cm³/mol. The van der Waals surface area contributed by atoms with Crippen molar-refractivity contribution in [1.82, 2.24) is 20.1 Å². The van der Waals surface area contributed by atoms with Crippen molar-refractivity contribution in [3.8, 4) is 11.5 Å². The third-order valence-electron chi connectivity index (χ3n) is 8.32. The summed E-state index contributed by atoms with van der Waals surface area (Å²) >= 11 is 1.40. The number of thioether (sulfide) groups is 1. The molecule has 1 aromatic carbocycles. The molecule has 8 heteroatoms. The van der Waals surface area contributed by atoms with Crippen LogP contribution in [0.5, 0.6) is 11.5 Å². The average Bonchev–Trinajstić information content (AvgIpc) is 3.36. The highest BCUT2D eigenvalue weighted by atomic mass is 32.2. The molecule has 7 nitrogen and oxygen atoms in total. The average molecular weight is 469 g/mol. The molecule has 4 unspecified atom stereocenters. The molecule has 4 atom stereocenters. The number of benzene rings is 1. The Kier molecular flexibility index (Phi) is 5.67. The number of nitrogens with one attached hydrogen (secondary N) is 1. The van der Waals surface area contributed by atoms with Gasteiger partial charge in [-0.1, -0.05) is 50.7 Å². The Hall–Kier alpha value is -2.48. The Labute approximate surface area is 199 Å². The lowest BCUT2D eigenvalue weighted by Crippen LogP contribution is -2.47. The molecule has 2 fully saturated rings. The van der Waals surface area contributed by atoms with E-state index in [0.717, 1.165) is 12.2 Å². The van der Waals surface area contributed by atoms with Gasteiger partial charge in [-0.3, -0.25) is 9.36 Å². The van der Waals surface area contributed by atoms with Gasteiger partial charge in [-0.05, 0) is 48.1 Å². The van der Waals surface area contributed by atoms with Gasteiger partial charge >= 0.3 is 0 Å². The standard InChI is InChI=1S/C25H32N4O3S/c1-5-12-29-22(19-14-31-17-8-6-7-9-18(17)32-19)27-28-23(29)33-15-21(30)26-20-13-16-10-11-25(20,4)24(16,2)3/h5-9,16,19-20H,1,10-15H2,2-4H3,(H,26,30). The van der Waals surface area contributed by atoms with E-state index in [0.29, 0.717) is 41.6 Å². The number of amides is 1. The number of ether oxygens (including phenoxy) is 2. The minimum absolute atomic E-state index is 0.0513. The zero-order valence-corrected chi connectivity index (χ0v) is 20.4. The van der Waals surface area contributed by atoms with Crippen LogP contribution in [0.25, 0.3) is 0 Å². The summed E-state index contributed by atoms with van der Waals surface area (Å²) in [6, 6.07) is 7.84. The van der Waals surface area contributed by atoms with E-state index in [4.69, 9.17) is 9.47 Å². The number of aromatic nitrogens is 3. The summed E-state index contributed by atoms with van der Waals surface area (Å²) in [5.74, 6) is 3.15. The van der Waals surface area contributed by atoms with Gasteiger partial charge in [0.1, 0.15) is 6.61 Å². The van der Waals surface area contributed by atoms with Crippen LogP contribution in [0.1, 0.15) is 52.0 Å². The van der Waals surface area contributed by atoms with Crippen LogP contribution >= 0.6 is 11.8 Å². The number of rotatable bonds is 7. The first kappa shape index (κ1) is 22.3. The van der Waals surface area contributed by atoms with Crippen LogP contribution in [-0.4, -0.2) is 39.1 Å². The van der Waals surface area contributed by atoms with Gasteiger partial charge in [0.25, 0.3) is 0 Å². The second-order valence-electron chi connectivity index (χ2n) is 10.1. The summed E-state index contributed by atoms with van der Waals surface area (Å²) < 4.78 is 13.9. The normalized spacial score (nSPS) is 29.1. The maximum absolute atomic E-state index is 12.9. The van der Waals surface area contributed by atoms with Gasteiger partial charge in [0.2, 0.25) is 5.91 Å². The second-order valence-corrected chi connectivity index (χ2v) is 11.1. The number of allylic oxidation sites excluding steroid dienone is 1. The van der Waals surface area contributed by atoms with E-state index in [1.165, 1.54) is 24.6 Å². The van der Waals surface area contributed by atoms with Crippen molar-refractivity contribution in [2.24, 2.45) is 16.7 Å². The maximum Gasteiger partial charge on any atom is 0.230 e. The van der Waals surface area contributed by atoms with Crippen molar-refractivity contribution in [2.45, 2.75) is 63.9 Å². The van der Waals surface area contributed by atoms with Gasteiger partial charge in [-0.15, -0.1) is 16.8 Å². The van der Waals surface area contributed by atoms with E-state index in [9.17, 15) is 4.79 Å². The number of para-hydroxylation sites is 2. The largest absolute Gasteiger partial charge is 0.485 e. The Morgan fingerprint density at radius 3 is 2.79 bits per heavy atom. The molecule has 2 aromatic rings. The number of carbonyl (C=O) groups is 1. The predicted octanol–water partition coefficient (Wildman–Crippen LogP) is 4.40. The molecular weight excluding hydrogens is 436 g/mol. The first-order chi connectivity index (χ1) is 15.8. The number of fused-ring (bicyclic) bond motifs is 3. The Morgan fingerprint density at radius 2 is 2.09 bits per heavy atom. The molecule has 2 saturated carbocycles. The molecule has 2 bridgehead atoms. The zero-order chi connectivity index (χ0) is 23.2. The first-order valence-electron chi connectivity index (χ1n) is 11.7. The minimum atomic E-state index is -0.369. The first-order valence-corrected chi connectivity index (χ1v) is 12.7. The van der Waals surface area contributed by atoms with Crippen LogP contribution in [0.4, 0.5) is 0 Å². The number of nitrogens with zero attached hydrogens (tertiary/aromatic N) is 3. The van der Waals surface area contributed by atoms with Gasteiger partial charge in [0.05, 0.1) is 5.75 Å². The van der Waals surface area contributed by atoms with Gasteiger partial charge in [-0.2, -0.15) is 0 Å². The molecule has 2 heterocycles. The molecule has 0 spiro atoms. The fraction of sp³-hybridized carbons (Fsp3) is 0.560. The van der Waals surface area contributed by atoms with Gasteiger partial charge in [0.15, 0.2) is 28.6 Å². The smallest absolute Gasteiger partial charge is 0.230 e. The summed E-state index contributed by atoms with van der Waals surface area (Å²) in [4.78, 5) is 12.9. The van der Waals surface area contributed by atoms with E-state index in [1.54, 1.807) is 6.08 Å². The molecule has 3 aliphatic rings. The van der Waals surface area contributed by atoms with Crippen LogP contribution in [0.3, 0.4) is 0 Å². The summed E-state index contributed by atoms with van der Waals surface area (Å²) in [5, 5.41) is 12.7. The molecule has 176 valence electrons. The van der Waals surface area contributed by atoms with E-state index < -0.39 is 0 Å². The minimum Gasteiger partial charge on any atom is -0.485 e. The van der Waals surface area contributed by atoms with Crippen molar-refractivity contribution in [3.63, 3.8) is 0 Å². The highest BCUT2D eigenvalue weighted by Crippen LogP contribution is 2.65. The fourth-order valence-electron chi connectivity index (χ4n) is 5.88. The molecular formula is C25H32N4O3S. The van der Waals surface area contributed by atoms with E-state index >= 15 is 0 Å². The zero-order valence-electron chi connectivity index (χ0n) is 19.5. The molecule has 0 radical (unpaired) electrons. The lowest BCUT2D eigenvalue weighted by Gasteiger charge is -2.39. The monoisotopic (exact) mass is 468 g/mol. The summed E-state index contributed by atoms with van der Waals surface area (Å²) in [6.07, 6.45) is 4.97. The molecule has 1 N–H and O–H groups in total. The van der Waals surface area contributed by atoms with Crippen LogP contribution in [-0.2, 0) is 11.3 Å². The quantitative estimate of drug-likeness (QED) is 0.479. The lowest BCUT2D eigenvalue weighted by atomic mass is 9.69. The highest BCUT2D eigenvalue weighted by Gasteiger charge is 2.61. The second kappa shape index (κ2) is 8.38. The summed E-state index contributed by atoms with van der Waals surface area (Å²) in [7, 11) is 0. The Morgan fingerprint density at radius 1 is 1.30 bits per heavy atom. The van der Waals surface area contributed by atoms with Gasteiger partial charge in [0, 0.05) is 12.6 Å². The molecule has 33 heavy (non-hydrogen) atoms. The SMILES string of the molecule is C=CCn1c(SCC(=O)NC2CC3CCC2(C)C3(C)C)nnc1C1COc2ccccc2O1. The molecule has 5 rings (SSSR count). The molecule has 2 aliphatic carbocycles. The highest BCUT2D eigenvalue weighted by molar-refractivity contribution is 7.99. The topological polar surface area (TPSA) is 78.3 Å². The fourth-order valence-corrected chi connectivity index (χ4v) is 6.65. The summed E-state index contributed by atoms with van der Waals surface area (Å²) in [6.45, 7) is 11.8. The van der Waals surface area contributed by atoms with E-state index in [1.807, 2.05) is 28.8 Å². The number of hydrogen-bond donors (Lipinski definition) is 1. The molecule has 1 aliphatic heterocycles. The summed E-state index contributed by atoms with van der Waals surface area (Å²) in [5.41, 5.74) is 0.445. The molecule has 1 amide bonds. The van der Waals surface area contributed by atoms with Crippen molar-refractivity contribution in [2.75, 3.05) is 12.4 Å². The van der Waals surface area contributed by atoms with Crippen molar-refractivity contribution in [1.29, 1.82) is 0 Å². The van der Waals surface area contributed by atoms with Crippen molar-refractivity contribution < 1.29 is 14.3 Å².